The van der Waals surface area contributed by atoms with Gasteiger partial charge in [0.2, 0.25) is 0 Å². The van der Waals surface area contributed by atoms with E-state index in [1.807, 2.05) is 0 Å². The van der Waals surface area contributed by atoms with Crippen molar-refractivity contribution in [2.24, 2.45) is 0 Å². The van der Waals surface area contributed by atoms with E-state index in [-0.39, 0.29) is 21.3 Å². The number of rotatable bonds is 3. The molecular weight excluding hydrogens is 439 g/mol. The van der Waals surface area contributed by atoms with E-state index in [1.165, 1.54) is 30.3 Å². The van der Waals surface area contributed by atoms with Crippen molar-refractivity contribution in [3.05, 3.63) is 62.0 Å². The van der Waals surface area contributed by atoms with Gasteiger partial charge in [-0.2, -0.15) is 0 Å². The number of hydrogen-bond acceptors (Lipinski definition) is 3. The highest BCUT2D eigenvalue weighted by atomic mass is 79.9. The number of anilines is 1. The number of carboxylic acid groups (broad SMARTS) is 1. The van der Waals surface area contributed by atoms with Crippen LogP contribution in [0.15, 0.2) is 40.9 Å². The molecule has 0 unspecified atom stereocenters. The van der Waals surface area contributed by atoms with Crippen molar-refractivity contribution in [1.82, 2.24) is 5.32 Å². The quantitative estimate of drug-likeness (QED) is 0.600. The number of carbonyl (C=O) groups is 2. The highest BCUT2D eigenvalue weighted by Crippen LogP contribution is 2.24. The van der Waals surface area contributed by atoms with E-state index >= 15 is 0 Å². The SMILES string of the molecule is O=C(O)c1ccc(Br)c(NC(=S)NC(=O)c2ccc(Cl)c(Cl)c2)c1. The molecule has 5 nitrogen and oxygen atoms in total. The number of carboxylic acids is 1. The highest BCUT2D eigenvalue weighted by molar-refractivity contribution is 9.10. The molecule has 2 aromatic rings. The maximum absolute atomic E-state index is 12.1. The topological polar surface area (TPSA) is 78.4 Å². The molecule has 0 aromatic heterocycles. The Labute approximate surface area is 161 Å². The number of halogens is 3. The van der Waals surface area contributed by atoms with Gasteiger partial charge >= 0.3 is 5.97 Å². The third-order valence-electron chi connectivity index (χ3n) is 2.87. The van der Waals surface area contributed by atoms with Gasteiger partial charge in [0, 0.05) is 10.0 Å². The minimum Gasteiger partial charge on any atom is -0.478 e. The predicted molar refractivity (Wildman–Crippen MR) is 101 cm³/mol. The lowest BCUT2D eigenvalue weighted by Gasteiger charge is -2.12. The molecule has 9 heteroatoms. The van der Waals surface area contributed by atoms with Crippen LogP contribution in [0.25, 0.3) is 0 Å². The minimum absolute atomic E-state index is 0.00862. The zero-order valence-corrected chi connectivity index (χ0v) is 15.7. The molecule has 0 fully saturated rings. The van der Waals surface area contributed by atoms with E-state index in [0.29, 0.717) is 15.2 Å². The summed E-state index contributed by atoms with van der Waals surface area (Å²) >= 11 is 20.0. The first-order valence-electron chi connectivity index (χ1n) is 6.38. The fourth-order valence-corrected chi connectivity index (χ4v) is 2.57. The second kappa shape index (κ2) is 7.94. The summed E-state index contributed by atoms with van der Waals surface area (Å²) in [6.45, 7) is 0. The zero-order valence-electron chi connectivity index (χ0n) is 11.8. The summed E-state index contributed by atoms with van der Waals surface area (Å²) < 4.78 is 0.596. The van der Waals surface area contributed by atoms with E-state index < -0.39 is 11.9 Å². The van der Waals surface area contributed by atoms with Gasteiger partial charge in [0.05, 0.1) is 21.3 Å². The van der Waals surface area contributed by atoms with Crippen LogP contribution in [0.4, 0.5) is 5.69 Å². The van der Waals surface area contributed by atoms with E-state index in [2.05, 4.69) is 26.6 Å². The maximum atomic E-state index is 12.1. The number of amides is 1. The predicted octanol–water partition coefficient (Wildman–Crippen LogP) is 4.58. The van der Waals surface area contributed by atoms with Gasteiger partial charge in [0.15, 0.2) is 5.11 Å². The molecule has 24 heavy (non-hydrogen) atoms. The van der Waals surface area contributed by atoms with Gasteiger partial charge in [-0.1, -0.05) is 23.2 Å². The lowest BCUT2D eigenvalue weighted by molar-refractivity contribution is 0.0696. The summed E-state index contributed by atoms with van der Waals surface area (Å²) in [5.41, 5.74) is 0.778. The van der Waals surface area contributed by atoms with E-state index in [1.54, 1.807) is 6.07 Å². The van der Waals surface area contributed by atoms with Crippen molar-refractivity contribution in [2.75, 3.05) is 5.32 Å². The largest absolute Gasteiger partial charge is 0.478 e. The molecule has 0 bridgehead atoms. The lowest BCUT2D eigenvalue weighted by atomic mass is 10.2. The molecule has 0 saturated heterocycles. The van der Waals surface area contributed by atoms with Crippen LogP contribution < -0.4 is 10.6 Å². The molecule has 0 spiro atoms. The maximum Gasteiger partial charge on any atom is 0.335 e. The Morgan fingerprint density at radius 3 is 2.33 bits per heavy atom. The van der Waals surface area contributed by atoms with E-state index in [9.17, 15) is 9.59 Å². The number of aromatic carboxylic acids is 1. The summed E-state index contributed by atoms with van der Waals surface area (Å²) in [5.74, 6) is -1.55. The second-order valence-electron chi connectivity index (χ2n) is 4.54. The highest BCUT2D eigenvalue weighted by Gasteiger charge is 2.12. The monoisotopic (exact) mass is 446 g/mol. The Bertz CT molecular complexity index is 845. The molecule has 0 aliphatic heterocycles. The summed E-state index contributed by atoms with van der Waals surface area (Å²) in [4.78, 5) is 23.1. The fraction of sp³-hybridized carbons (Fsp3) is 0. The molecule has 0 aliphatic carbocycles. The molecule has 0 atom stereocenters. The average molecular weight is 448 g/mol. The first kappa shape index (κ1) is 18.7. The van der Waals surface area contributed by atoms with E-state index in [4.69, 9.17) is 40.5 Å². The van der Waals surface area contributed by atoms with Gasteiger partial charge in [-0.3, -0.25) is 10.1 Å². The van der Waals surface area contributed by atoms with Crippen molar-refractivity contribution in [2.45, 2.75) is 0 Å². The van der Waals surface area contributed by atoms with Gasteiger partial charge in [-0.15, -0.1) is 0 Å². The Hall–Kier alpha value is -1.67. The first-order chi connectivity index (χ1) is 11.3. The first-order valence-corrected chi connectivity index (χ1v) is 8.34. The molecule has 2 aromatic carbocycles. The van der Waals surface area contributed by atoms with Gasteiger partial charge in [-0.05, 0) is 64.5 Å². The molecule has 124 valence electrons. The zero-order chi connectivity index (χ0) is 17.9. The van der Waals surface area contributed by atoms with Crippen molar-refractivity contribution < 1.29 is 14.7 Å². The van der Waals surface area contributed by atoms with Crippen LogP contribution >= 0.6 is 51.3 Å². The Morgan fingerprint density at radius 2 is 1.71 bits per heavy atom. The Balaban J connectivity index is 2.10. The molecule has 0 heterocycles. The van der Waals surface area contributed by atoms with Crippen molar-refractivity contribution in [1.29, 1.82) is 0 Å². The van der Waals surface area contributed by atoms with Crippen LogP contribution in [0.3, 0.4) is 0 Å². The molecule has 0 radical (unpaired) electrons. The lowest BCUT2D eigenvalue weighted by Crippen LogP contribution is -2.34. The van der Waals surface area contributed by atoms with Crippen molar-refractivity contribution >= 4 is 74.0 Å². The molecule has 0 saturated carbocycles. The standard InChI is InChI=1S/C15H9BrCl2N2O3S/c16-9-3-1-8(14(22)23)6-12(9)19-15(24)20-13(21)7-2-4-10(17)11(18)5-7/h1-6H,(H,22,23)(H2,19,20,21,24). The number of benzene rings is 2. The molecular formula is C15H9BrCl2N2O3S. The Kier molecular flexibility index (Phi) is 6.17. The number of nitrogens with one attached hydrogen (secondary N) is 2. The summed E-state index contributed by atoms with van der Waals surface area (Å²) in [5, 5.41) is 14.8. The number of carbonyl (C=O) groups excluding carboxylic acids is 1. The third-order valence-corrected chi connectivity index (χ3v) is 4.51. The van der Waals surface area contributed by atoms with Crippen LogP contribution in [-0.4, -0.2) is 22.1 Å². The second-order valence-corrected chi connectivity index (χ2v) is 6.61. The fourth-order valence-electron chi connectivity index (χ4n) is 1.72. The van der Waals surface area contributed by atoms with Crippen LogP contribution in [0.2, 0.25) is 10.0 Å². The number of thiocarbonyl (C=S) groups is 1. The molecule has 1 amide bonds. The summed E-state index contributed by atoms with van der Waals surface area (Å²) in [6, 6.07) is 8.83. The van der Waals surface area contributed by atoms with Crippen molar-refractivity contribution in [3.8, 4) is 0 Å². The van der Waals surface area contributed by atoms with Gasteiger partial charge in [-0.25, -0.2) is 4.79 Å². The Morgan fingerprint density at radius 1 is 1.04 bits per heavy atom. The van der Waals surface area contributed by atoms with Crippen LogP contribution in [0.1, 0.15) is 20.7 Å². The summed E-state index contributed by atoms with van der Waals surface area (Å²) in [7, 11) is 0. The van der Waals surface area contributed by atoms with Crippen LogP contribution in [0.5, 0.6) is 0 Å². The van der Waals surface area contributed by atoms with Crippen molar-refractivity contribution in [3.63, 3.8) is 0 Å². The number of hydrogen-bond donors (Lipinski definition) is 3. The minimum atomic E-state index is -1.07. The van der Waals surface area contributed by atoms with Crippen LogP contribution in [-0.2, 0) is 0 Å². The van der Waals surface area contributed by atoms with Gasteiger partial charge in [0.25, 0.3) is 5.91 Å². The van der Waals surface area contributed by atoms with Gasteiger partial charge in [0.1, 0.15) is 0 Å². The van der Waals surface area contributed by atoms with Gasteiger partial charge < -0.3 is 10.4 Å². The molecule has 0 aliphatic rings. The smallest absolute Gasteiger partial charge is 0.335 e. The van der Waals surface area contributed by atoms with E-state index in [0.717, 1.165) is 0 Å². The average Bonchev–Trinajstić information content (AvgIpc) is 2.51. The molecule has 3 N–H and O–H groups in total. The normalized spacial score (nSPS) is 10.1. The third kappa shape index (κ3) is 4.67. The molecule has 2 rings (SSSR count). The summed E-state index contributed by atoms with van der Waals surface area (Å²) in [6.07, 6.45) is 0. The van der Waals surface area contributed by atoms with Crippen LogP contribution in [0, 0.1) is 0 Å².